The van der Waals surface area contributed by atoms with E-state index >= 15 is 0 Å². The third-order valence-electron chi connectivity index (χ3n) is 1.79. The van der Waals surface area contributed by atoms with Gasteiger partial charge in [-0.15, -0.1) is 0 Å². The van der Waals surface area contributed by atoms with Gasteiger partial charge >= 0.3 is 5.97 Å². The van der Waals surface area contributed by atoms with Gasteiger partial charge in [0.25, 0.3) is 0 Å². The normalized spacial score (nSPS) is 12.3. The maximum atomic E-state index is 13.1. The highest BCUT2D eigenvalue weighted by Crippen LogP contribution is 2.25. The quantitative estimate of drug-likeness (QED) is 0.723. The SMILES string of the molecule is COC(=O)C(O)c1cc(O)c(F)cc1F. The van der Waals surface area contributed by atoms with Crippen LogP contribution in [0.5, 0.6) is 5.75 Å². The number of benzene rings is 1. The molecule has 82 valence electrons. The van der Waals surface area contributed by atoms with Gasteiger partial charge in [0.1, 0.15) is 5.82 Å². The number of halogens is 2. The minimum absolute atomic E-state index is 0.372. The van der Waals surface area contributed by atoms with Crippen LogP contribution in [0.25, 0.3) is 0 Å². The number of esters is 1. The lowest BCUT2D eigenvalue weighted by Crippen LogP contribution is -2.15. The number of aliphatic hydroxyl groups excluding tert-OH is 1. The van der Waals surface area contributed by atoms with E-state index in [1.807, 2.05) is 0 Å². The van der Waals surface area contributed by atoms with E-state index < -0.39 is 35.0 Å². The molecule has 1 rings (SSSR count). The first-order valence-electron chi connectivity index (χ1n) is 3.91. The van der Waals surface area contributed by atoms with Crippen molar-refractivity contribution in [1.29, 1.82) is 0 Å². The predicted octanol–water partition coefficient (Wildman–Crippen LogP) is 0.877. The van der Waals surface area contributed by atoms with Gasteiger partial charge in [0, 0.05) is 11.6 Å². The zero-order valence-electron chi connectivity index (χ0n) is 7.70. The number of phenolic OH excluding ortho intramolecular Hbond substituents is 1. The van der Waals surface area contributed by atoms with Crippen molar-refractivity contribution < 1.29 is 28.5 Å². The summed E-state index contributed by atoms with van der Waals surface area (Å²) >= 11 is 0. The molecule has 0 fully saturated rings. The maximum absolute atomic E-state index is 13.1. The average Bonchev–Trinajstić information content (AvgIpc) is 2.21. The molecule has 0 aromatic heterocycles. The summed E-state index contributed by atoms with van der Waals surface area (Å²) in [7, 11) is 1.01. The largest absolute Gasteiger partial charge is 0.505 e. The maximum Gasteiger partial charge on any atom is 0.339 e. The van der Waals surface area contributed by atoms with E-state index in [9.17, 15) is 18.7 Å². The fraction of sp³-hybridized carbons (Fsp3) is 0.222. The summed E-state index contributed by atoms with van der Waals surface area (Å²) in [5.41, 5.74) is -0.541. The number of hydrogen-bond donors (Lipinski definition) is 2. The van der Waals surface area contributed by atoms with E-state index in [0.717, 1.165) is 7.11 Å². The Labute approximate surface area is 83.7 Å². The van der Waals surface area contributed by atoms with E-state index in [1.54, 1.807) is 0 Å². The van der Waals surface area contributed by atoms with Crippen molar-refractivity contribution in [3.05, 3.63) is 29.3 Å². The fourth-order valence-corrected chi connectivity index (χ4v) is 1.00. The lowest BCUT2D eigenvalue weighted by Gasteiger charge is -2.10. The van der Waals surface area contributed by atoms with Gasteiger partial charge in [0.05, 0.1) is 7.11 Å². The zero-order valence-corrected chi connectivity index (χ0v) is 7.70. The number of ether oxygens (including phenoxy) is 1. The van der Waals surface area contributed by atoms with Gasteiger partial charge in [-0.2, -0.15) is 0 Å². The summed E-state index contributed by atoms with van der Waals surface area (Å²) in [6, 6.07) is 1.00. The molecule has 1 atom stereocenters. The molecule has 0 aliphatic heterocycles. The van der Waals surface area contributed by atoms with E-state index in [4.69, 9.17) is 5.11 Å². The number of aromatic hydroxyl groups is 1. The molecule has 0 radical (unpaired) electrons. The second-order valence-corrected chi connectivity index (χ2v) is 2.75. The van der Waals surface area contributed by atoms with Crippen LogP contribution in [-0.2, 0) is 9.53 Å². The molecule has 1 unspecified atom stereocenters. The summed E-state index contributed by atoms with van der Waals surface area (Å²) in [5, 5.41) is 18.2. The van der Waals surface area contributed by atoms with Crippen LogP contribution in [0.3, 0.4) is 0 Å². The molecule has 0 aliphatic rings. The second-order valence-electron chi connectivity index (χ2n) is 2.75. The topological polar surface area (TPSA) is 66.8 Å². The van der Waals surface area contributed by atoms with Crippen molar-refractivity contribution >= 4 is 5.97 Å². The molecule has 1 aromatic rings. The van der Waals surface area contributed by atoms with Gasteiger partial charge in [-0.05, 0) is 6.07 Å². The monoisotopic (exact) mass is 218 g/mol. The van der Waals surface area contributed by atoms with E-state index in [1.165, 1.54) is 0 Å². The Kier molecular flexibility index (Phi) is 3.21. The Hall–Kier alpha value is -1.69. The number of rotatable bonds is 2. The molecule has 4 nitrogen and oxygen atoms in total. The second kappa shape index (κ2) is 4.22. The summed E-state index contributed by atoms with van der Waals surface area (Å²) < 4.78 is 29.8. The first kappa shape index (κ1) is 11.4. The third kappa shape index (κ3) is 2.21. The van der Waals surface area contributed by atoms with Gasteiger partial charge in [0.2, 0.25) is 0 Å². The van der Waals surface area contributed by atoms with E-state index in [0.29, 0.717) is 12.1 Å². The molecule has 15 heavy (non-hydrogen) atoms. The summed E-state index contributed by atoms with van der Waals surface area (Å²) in [6.07, 6.45) is -1.89. The van der Waals surface area contributed by atoms with Crippen LogP contribution in [0.1, 0.15) is 11.7 Å². The highest BCUT2D eigenvalue weighted by atomic mass is 19.1. The standard InChI is InChI=1S/C9H8F2O4/c1-15-9(14)8(13)4-2-7(12)6(11)3-5(4)10/h2-3,8,12-13H,1H3. The molecule has 0 spiro atoms. The Balaban J connectivity index is 3.14. The minimum atomic E-state index is -1.89. The smallest absolute Gasteiger partial charge is 0.339 e. The zero-order chi connectivity index (χ0) is 11.6. The average molecular weight is 218 g/mol. The number of methoxy groups -OCH3 is 1. The summed E-state index contributed by atoms with van der Waals surface area (Å²) in [4.78, 5) is 10.8. The van der Waals surface area contributed by atoms with Crippen LogP contribution in [0.2, 0.25) is 0 Å². The van der Waals surface area contributed by atoms with Crippen molar-refractivity contribution in [3.63, 3.8) is 0 Å². The van der Waals surface area contributed by atoms with Crippen LogP contribution < -0.4 is 0 Å². The molecule has 0 bridgehead atoms. The molecule has 1 aromatic carbocycles. The Bertz CT molecular complexity index is 392. The highest BCUT2D eigenvalue weighted by molar-refractivity contribution is 5.76. The van der Waals surface area contributed by atoms with Crippen molar-refractivity contribution in [2.24, 2.45) is 0 Å². The van der Waals surface area contributed by atoms with Crippen LogP contribution in [-0.4, -0.2) is 23.3 Å². The first-order chi connectivity index (χ1) is 6.97. The highest BCUT2D eigenvalue weighted by Gasteiger charge is 2.23. The van der Waals surface area contributed by atoms with Crippen molar-refractivity contribution in [3.8, 4) is 5.75 Å². The third-order valence-corrected chi connectivity index (χ3v) is 1.79. The Morgan fingerprint density at radius 1 is 1.40 bits per heavy atom. The predicted molar refractivity (Wildman–Crippen MR) is 45.0 cm³/mol. The number of phenols is 1. The van der Waals surface area contributed by atoms with Gasteiger partial charge in [0.15, 0.2) is 17.7 Å². The molecular weight excluding hydrogens is 210 g/mol. The molecule has 0 saturated carbocycles. The van der Waals surface area contributed by atoms with Gasteiger partial charge < -0.3 is 14.9 Å². The van der Waals surface area contributed by atoms with E-state index in [-0.39, 0.29) is 0 Å². The minimum Gasteiger partial charge on any atom is -0.505 e. The Morgan fingerprint density at radius 3 is 2.53 bits per heavy atom. The molecule has 0 saturated heterocycles. The van der Waals surface area contributed by atoms with Crippen LogP contribution in [0.15, 0.2) is 12.1 Å². The number of hydrogen-bond acceptors (Lipinski definition) is 4. The lowest BCUT2D eigenvalue weighted by atomic mass is 10.1. The molecular formula is C9H8F2O4. The first-order valence-corrected chi connectivity index (χ1v) is 3.91. The molecule has 0 aliphatic carbocycles. The number of carbonyl (C=O) groups is 1. The van der Waals surface area contributed by atoms with Gasteiger partial charge in [-0.3, -0.25) is 0 Å². The summed E-state index contributed by atoms with van der Waals surface area (Å²) in [6.45, 7) is 0. The van der Waals surface area contributed by atoms with Crippen LogP contribution in [0, 0.1) is 11.6 Å². The Morgan fingerprint density at radius 2 is 2.00 bits per heavy atom. The molecule has 0 heterocycles. The van der Waals surface area contributed by atoms with Crippen molar-refractivity contribution in [2.75, 3.05) is 7.11 Å². The number of aliphatic hydroxyl groups is 1. The van der Waals surface area contributed by atoms with Gasteiger partial charge in [-0.1, -0.05) is 0 Å². The van der Waals surface area contributed by atoms with Gasteiger partial charge in [-0.25, -0.2) is 13.6 Å². The lowest BCUT2D eigenvalue weighted by molar-refractivity contribution is -0.150. The van der Waals surface area contributed by atoms with Crippen LogP contribution >= 0.6 is 0 Å². The van der Waals surface area contributed by atoms with Crippen molar-refractivity contribution in [1.82, 2.24) is 0 Å². The van der Waals surface area contributed by atoms with E-state index in [2.05, 4.69) is 4.74 Å². The molecule has 0 amide bonds. The number of carbonyl (C=O) groups excluding carboxylic acids is 1. The molecule has 6 heteroatoms. The fourth-order valence-electron chi connectivity index (χ4n) is 1.00. The van der Waals surface area contributed by atoms with Crippen molar-refractivity contribution in [2.45, 2.75) is 6.10 Å². The van der Waals surface area contributed by atoms with Crippen LogP contribution in [0.4, 0.5) is 8.78 Å². The summed E-state index contributed by atoms with van der Waals surface area (Å²) in [5.74, 6) is -4.26. The molecule has 2 N–H and O–H groups in total.